The van der Waals surface area contributed by atoms with Crippen LogP contribution in [0.15, 0.2) is 16.3 Å². The van der Waals surface area contributed by atoms with E-state index in [1.165, 1.54) is 19.3 Å². The molecule has 1 heterocycles. The Morgan fingerprint density at radius 2 is 1.77 bits per heavy atom. The summed E-state index contributed by atoms with van der Waals surface area (Å²) < 4.78 is 29.5. The summed E-state index contributed by atoms with van der Waals surface area (Å²) in [5.41, 5.74) is 0.339. The lowest BCUT2D eigenvalue weighted by atomic mass is 9.43. The highest BCUT2D eigenvalue weighted by Gasteiger charge is 2.61. The normalized spacial score (nSPS) is 43.7. The van der Waals surface area contributed by atoms with E-state index in [4.69, 9.17) is 11.6 Å². The first-order valence-corrected chi connectivity index (χ1v) is 10.6. The third kappa shape index (κ3) is 2.45. The van der Waals surface area contributed by atoms with E-state index >= 15 is 0 Å². The van der Waals surface area contributed by atoms with Crippen LogP contribution in [0, 0.1) is 16.7 Å². The van der Waals surface area contributed by atoms with Crippen molar-refractivity contribution in [3.05, 3.63) is 16.5 Å². The predicted octanol–water partition coefficient (Wildman–Crippen LogP) is 4.43. The minimum Gasteiger partial charge on any atom is -0.206 e. The van der Waals surface area contributed by atoms with Crippen LogP contribution in [0.25, 0.3) is 0 Å². The summed E-state index contributed by atoms with van der Waals surface area (Å²) in [6.45, 7) is 4.70. The van der Waals surface area contributed by atoms with E-state index in [0.29, 0.717) is 25.3 Å². The lowest BCUT2D eigenvalue weighted by molar-refractivity contribution is -0.110. The quantitative estimate of drug-likeness (QED) is 0.867. The van der Waals surface area contributed by atoms with E-state index in [-0.39, 0.29) is 5.54 Å². The molecule has 0 aliphatic heterocycles. The average molecular weight is 360 g/mol. The summed E-state index contributed by atoms with van der Waals surface area (Å²) >= 11 is 7.05. The molecule has 4 fully saturated rings. The highest BCUT2D eigenvalue weighted by atomic mass is 35.5. The van der Waals surface area contributed by atoms with Crippen LogP contribution in [0.3, 0.4) is 0 Å². The summed E-state index contributed by atoms with van der Waals surface area (Å²) in [7, 11) is -3.47. The van der Waals surface area contributed by atoms with E-state index in [1.54, 1.807) is 12.1 Å². The molecule has 4 aliphatic rings. The number of rotatable bonds is 3. The van der Waals surface area contributed by atoms with Gasteiger partial charge < -0.3 is 0 Å². The van der Waals surface area contributed by atoms with Gasteiger partial charge in [0.1, 0.15) is 4.21 Å². The number of nitrogens with one attached hydrogen (secondary N) is 1. The molecule has 0 amide bonds. The van der Waals surface area contributed by atoms with Crippen molar-refractivity contribution in [1.82, 2.24) is 4.72 Å². The number of halogens is 1. The number of sulfonamides is 1. The Bertz CT molecular complexity index is 708. The fourth-order valence-electron chi connectivity index (χ4n) is 6.34. The first kappa shape index (κ1) is 15.4. The maximum Gasteiger partial charge on any atom is 0.250 e. The molecular formula is C16H22ClNO2S2. The molecule has 22 heavy (non-hydrogen) atoms. The first-order chi connectivity index (χ1) is 10.1. The summed E-state index contributed by atoms with van der Waals surface area (Å²) in [4.78, 5) is 0. The molecule has 0 spiro atoms. The zero-order valence-corrected chi connectivity index (χ0v) is 15.4. The fourth-order valence-corrected chi connectivity index (χ4v) is 9.23. The van der Waals surface area contributed by atoms with E-state index in [1.807, 2.05) is 0 Å². The molecule has 4 bridgehead atoms. The van der Waals surface area contributed by atoms with Gasteiger partial charge in [0.2, 0.25) is 0 Å². The zero-order chi connectivity index (χ0) is 15.8. The van der Waals surface area contributed by atoms with Gasteiger partial charge in [0.15, 0.2) is 0 Å². The molecule has 0 radical (unpaired) electrons. The van der Waals surface area contributed by atoms with Crippen LogP contribution in [-0.4, -0.2) is 14.0 Å². The third-order valence-electron chi connectivity index (χ3n) is 5.79. The highest BCUT2D eigenvalue weighted by Crippen LogP contribution is 2.66. The molecule has 5 rings (SSSR count). The van der Waals surface area contributed by atoms with Crippen LogP contribution < -0.4 is 4.72 Å². The van der Waals surface area contributed by atoms with Crippen molar-refractivity contribution < 1.29 is 8.42 Å². The number of hydrogen-bond acceptors (Lipinski definition) is 3. The maximum absolute atomic E-state index is 12.8. The fraction of sp³-hybridized carbons (Fsp3) is 0.750. The molecule has 1 aromatic rings. The van der Waals surface area contributed by atoms with Crippen LogP contribution in [0.4, 0.5) is 0 Å². The van der Waals surface area contributed by atoms with Gasteiger partial charge in [-0.2, -0.15) is 0 Å². The lowest BCUT2D eigenvalue weighted by Crippen LogP contribution is -2.64. The van der Waals surface area contributed by atoms with Gasteiger partial charge in [-0.1, -0.05) is 25.4 Å². The van der Waals surface area contributed by atoms with Crippen LogP contribution in [-0.2, 0) is 10.0 Å². The minimum atomic E-state index is -3.47. The van der Waals surface area contributed by atoms with Crippen LogP contribution in [0.5, 0.6) is 0 Å². The molecule has 1 aromatic heterocycles. The van der Waals surface area contributed by atoms with Crippen molar-refractivity contribution in [2.45, 2.75) is 62.1 Å². The molecule has 0 saturated heterocycles. The summed E-state index contributed by atoms with van der Waals surface area (Å²) in [5.74, 6) is 0.667. The van der Waals surface area contributed by atoms with Gasteiger partial charge in [-0.3, -0.25) is 0 Å². The van der Waals surface area contributed by atoms with Gasteiger partial charge in [-0.25, -0.2) is 13.1 Å². The van der Waals surface area contributed by atoms with Gasteiger partial charge in [0.25, 0.3) is 10.0 Å². The van der Waals surface area contributed by atoms with Gasteiger partial charge in [0.05, 0.1) is 4.34 Å². The van der Waals surface area contributed by atoms with Gasteiger partial charge in [-0.15, -0.1) is 11.3 Å². The first-order valence-electron chi connectivity index (χ1n) is 7.91. The maximum atomic E-state index is 12.8. The van der Waals surface area contributed by atoms with E-state index in [2.05, 4.69) is 18.6 Å². The Morgan fingerprint density at radius 3 is 2.27 bits per heavy atom. The molecule has 4 saturated carbocycles. The molecule has 122 valence electrons. The summed E-state index contributed by atoms with van der Waals surface area (Å²) in [5, 5.41) is 0. The Balaban J connectivity index is 1.68. The third-order valence-corrected chi connectivity index (χ3v) is 9.09. The van der Waals surface area contributed by atoms with Crippen molar-refractivity contribution in [2.75, 3.05) is 0 Å². The Morgan fingerprint density at radius 1 is 1.14 bits per heavy atom. The van der Waals surface area contributed by atoms with Crippen molar-refractivity contribution >= 4 is 33.0 Å². The molecule has 3 nitrogen and oxygen atoms in total. The van der Waals surface area contributed by atoms with Crippen LogP contribution in [0.1, 0.15) is 52.4 Å². The van der Waals surface area contributed by atoms with Gasteiger partial charge in [0, 0.05) is 5.54 Å². The molecule has 0 aromatic carbocycles. The lowest BCUT2D eigenvalue weighted by Gasteiger charge is -2.65. The Labute approximate surface area is 141 Å². The van der Waals surface area contributed by atoms with Crippen molar-refractivity contribution in [1.29, 1.82) is 0 Å². The number of hydrogen-bond donors (Lipinski definition) is 1. The van der Waals surface area contributed by atoms with Crippen molar-refractivity contribution in [3.63, 3.8) is 0 Å². The SMILES string of the molecule is CC12CC3CC(C)(C1)CC(NS(=O)(=O)c1ccc(Cl)s1)(C3)C2. The molecule has 1 N–H and O–H groups in total. The second kappa shape index (κ2) is 4.50. The predicted molar refractivity (Wildman–Crippen MR) is 89.8 cm³/mol. The Hall–Kier alpha value is -0.100. The smallest absolute Gasteiger partial charge is 0.206 e. The summed E-state index contributed by atoms with van der Waals surface area (Å²) in [6, 6.07) is 3.27. The largest absolute Gasteiger partial charge is 0.250 e. The van der Waals surface area contributed by atoms with Crippen molar-refractivity contribution in [3.8, 4) is 0 Å². The van der Waals surface area contributed by atoms with E-state index in [0.717, 1.165) is 30.6 Å². The summed E-state index contributed by atoms with van der Waals surface area (Å²) in [6.07, 6.45) is 6.71. The molecule has 4 aliphatic carbocycles. The molecule has 2 atom stereocenters. The van der Waals surface area contributed by atoms with Crippen molar-refractivity contribution in [2.24, 2.45) is 16.7 Å². The van der Waals surface area contributed by atoms with Gasteiger partial charge in [-0.05, 0) is 67.4 Å². The topological polar surface area (TPSA) is 46.2 Å². The van der Waals surface area contributed by atoms with Crippen LogP contribution in [0.2, 0.25) is 4.34 Å². The monoisotopic (exact) mass is 359 g/mol. The average Bonchev–Trinajstić information content (AvgIpc) is 2.69. The Kier molecular flexibility index (Phi) is 3.15. The molecule has 6 heteroatoms. The second-order valence-corrected chi connectivity index (χ2v) is 12.2. The van der Waals surface area contributed by atoms with Crippen LogP contribution >= 0.6 is 22.9 Å². The van der Waals surface area contributed by atoms with E-state index in [9.17, 15) is 8.42 Å². The highest BCUT2D eigenvalue weighted by molar-refractivity contribution is 7.91. The minimum absolute atomic E-state index is 0.252. The van der Waals surface area contributed by atoms with Gasteiger partial charge >= 0.3 is 0 Å². The zero-order valence-electron chi connectivity index (χ0n) is 13.0. The number of thiophene rings is 1. The standard InChI is InChI=1S/C16H22ClNO2S2/c1-14-5-11-6-15(2,8-14)10-16(7-11,9-14)18-22(19,20)13-4-3-12(17)21-13/h3-4,11,18H,5-10H2,1-2H3. The van der Waals surface area contributed by atoms with E-state index < -0.39 is 10.0 Å². The second-order valence-electron chi connectivity index (χ2n) is 8.57. The molecule has 2 unspecified atom stereocenters. The molecular weight excluding hydrogens is 338 g/mol.